The third-order valence-electron chi connectivity index (χ3n) is 6.37. The van der Waals surface area contributed by atoms with E-state index in [0.717, 1.165) is 49.6 Å². The molecule has 0 radical (unpaired) electrons. The molecule has 4 aromatic carbocycles. The quantitative estimate of drug-likeness (QED) is 0.299. The summed E-state index contributed by atoms with van der Waals surface area (Å²) in [5, 5.41) is 23.3. The molecule has 2 heterocycles. The van der Waals surface area contributed by atoms with Crippen LogP contribution in [0.2, 0.25) is 0 Å². The maximum atomic E-state index is 9.58. The van der Waals surface area contributed by atoms with Crippen molar-refractivity contribution in [2.24, 2.45) is 0 Å². The van der Waals surface area contributed by atoms with E-state index in [0.29, 0.717) is 11.3 Å². The van der Waals surface area contributed by atoms with Crippen LogP contribution in [-0.4, -0.2) is 9.97 Å². The molecule has 0 bridgehead atoms. The molecule has 1 aliphatic rings. The van der Waals surface area contributed by atoms with Crippen molar-refractivity contribution in [2.45, 2.75) is 0 Å². The number of hydrogen-bond acceptors (Lipinski definition) is 5. The number of fused-ring (bicyclic) bond motifs is 6. The maximum absolute atomic E-state index is 9.58. The van der Waals surface area contributed by atoms with Gasteiger partial charge in [0.25, 0.3) is 0 Å². The predicted octanol–water partition coefficient (Wildman–Crippen LogP) is 6.59. The molecule has 5 nitrogen and oxygen atoms in total. The summed E-state index contributed by atoms with van der Waals surface area (Å²) in [6.45, 7) is 0. The number of nitriles is 2. The van der Waals surface area contributed by atoms with E-state index in [9.17, 15) is 10.5 Å². The zero-order valence-corrected chi connectivity index (χ0v) is 17.1. The van der Waals surface area contributed by atoms with E-state index < -0.39 is 0 Å². The van der Waals surface area contributed by atoms with Gasteiger partial charge in [-0.2, -0.15) is 10.5 Å². The Morgan fingerprint density at radius 3 is 2.33 bits per heavy atom. The second-order valence-electron chi connectivity index (χ2n) is 8.03. The van der Waals surface area contributed by atoms with Crippen molar-refractivity contribution in [3.63, 3.8) is 0 Å². The highest BCUT2D eigenvalue weighted by atomic mass is 16.3. The van der Waals surface area contributed by atoms with Gasteiger partial charge in [-0.05, 0) is 39.6 Å². The molecule has 0 N–H and O–H groups in total. The summed E-state index contributed by atoms with van der Waals surface area (Å²) in [4.78, 5) is 8.79. The van der Waals surface area contributed by atoms with E-state index in [1.165, 1.54) is 5.39 Å². The highest BCUT2D eigenvalue weighted by Gasteiger charge is 2.29. The summed E-state index contributed by atoms with van der Waals surface area (Å²) in [5.74, 6) is 0. The molecule has 150 valence electrons. The Hall–Kier alpha value is -5.00. The van der Waals surface area contributed by atoms with Gasteiger partial charge in [0.15, 0.2) is 11.4 Å². The molecular formula is C28H12N4O. The monoisotopic (exact) mass is 420 g/mol. The average molecular weight is 420 g/mol. The van der Waals surface area contributed by atoms with E-state index in [2.05, 4.69) is 46.4 Å². The van der Waals surface area contributed by atoms with Crippen molar-refractivity contribution in [1.29, 1.82) is 10.5 Å². The first kappa shape index (κ1) is 17.7. The number of furan rings is 1. The lowest BCUT2D eigenvalue weighted by atomic mass is 9.93. The second kappa shape index (κ2) is 6.26. The van der Waals surface area contributed by atoms with Gasteiger partial charge in [-0.3, -0.25) is 0 Å². The van der Waals surface area contributed by atoms with Gasteiger partial charge in [0, 0.05) is 16.3 Å². The number of rotatable bonds is 1. The van der Waals surface area contributed by atoms with Crippen LogP contribution >= 0.6 is 0 Å². The zero-order valence-electron chi connectivity index (χ0n) is 17.1. The van der Waals surface area contributed by atoms with Crippen LogP contribution < -0.4 is 0 Å². The molecule has 1 aliphatic carbocycles. The highest BCUT2D eigenvalue weighted by Crippen LogP contribution is 2.54. The first-order valence-electron chi connectivity index (χ1n) is 10.5. The Labute approximate surface area is 187 Å². The molecule has 0 atom stereocenters. The minimum atomic E-state index is 0.00517. The average Bonchev–Trinajstić information content (AvgIpc) is 3.40. The van der Waals surface area contributed by atoms with Crippen LogP contribution in [0.5, 0.6) is 0 Å². The molecule has 0 aliphatic heterocycles. The molecule has 6 aromatic rings. The summed E-state index contributed by atoms with van der Waals surface area (Å²) >= 11 is 0. The van der Waals surface area contributed by atoms with Gasteiger partial charge < -0.3 is 4.42 Å². The Bertz CT molecular complexity index is 1900. The van der Waals surface area contributed by atoms with Crippen LogP contribution in [0.25, 0.3) is 66.2 Å². The first-order chi connectivity index (χ1) is 16.3. The van der Waals surface area contributed by atoms with Crippen LogP contribution in [0.15, 0.2) is 77.3 Å². The fraction of sp³-hybridized carbons (Fsp3) is 0. The number of hydrogen-bond donors (Lipinski definition) is 0. The fourth-order valence-electron chi connectivity index (χ4n) is 5.04. The molecule has 7 rings (SSSR count). The lowest BCUT2D eigenvalue weighted by molar-refractivity contribution is 0.670. The Kier molecular flexibility index (Phi) is 3.35. The van der Waals surface area contributed by atoms with Crippen molar-refractivity contribution in [3.05, 3.63) is 84.3 Å². The van der Waals surface area contributed by atoms with E-state index in [1.807, 2.05) is 42.5 Å². The first-order valence-corrected chi connectivity index (χ1v) is 10.5. The van der Waals surface area contributed by atoms with E-state index in [4.69, 9.17) is 4.42 Å². The zero-order chi connectivity index (χ0) is 22.1. The lowest BCUT2D eigenvalue weighted by Gasteiger charge is -2.11. The third kappa shape index (κ3) is 2.23. The van der Waals surface area contributed by atoms with Crippen molar-refractivity contribution in [3.8, 4) is 45.6 Å². The SMILES string of the molecule is N#Cc1ncc(-c2c3c(cc4c2oc2ccccc24)-c2cccc4cccc-3c24)nc1C#N. The highest BCUT2D eigenvalue weighted by molar-refractivity contribution is 6.24. The Morgan fingerprint density at radius 1 is 0.727 bits per heavy atom. The summed E-state index contributed by atoms with van der Waals surface area (Å²) in [6, 6.07) is 26.7. The summed E-state index contributed by atoms with van der Waals surface area (Å²) in [6.07, 6.45) is 1.56. The minimum absolute atomic E-state index is 0.00517. The molecule has 33 heavy (non-hydrogen) atoms. The van der Waals surface area contributed by atoms with Gasteiger partial charge in [0.2, 0.25) is 0 Å². The van der Waals surface area contributed by atoms with Gasteiger partial charge in [-0.1, -0.05) is 54.6 Å². The van der Waals surface area contributed by atoms with Crippen molar-refractivity contribution in [1.82, 2.24) is 9.97 Å². The largest absolute Gasteiger partial charge is 0.455 e. The van der Waals surface area contributed by atoms with Crippen LogP contribution in [0.3, 0.4) is 0 Å². The Balaban J connectivity index is 1.71. The number of aromatic nitrogens is 2. The molecule has 0 saturated heterocycles. The standard InChI is InChI=1S/C28H12N4O/c29-12-21-22(13-30)32-23(14-31-21)27-26-18-9-4-6-15-5-3-8-17(25(15)18)19(26)11-20-16-7-1-2-10-24(16)33-28(20)27/h1-11,14H. The normalized spacial score (nSPS) is 11.6. The fourth-order valence-corrected chi connectivity index (χ4v) is 5.04. The Morgan fingerprint density at radius 2 is 1.52 bits per heavy atom. The van der Waals surface area contributed by atoms with E-state index in [-0.39, 0.29) is 11.4 Å². The van der Waals surface area contributed by atoms with Gasteiger partial charge in [0.1, 0.15) is 23.3 Å². The summed E-state index contributed by atoms with van der Waals surface area (Å²) < 4.78 is 6.37. The van der Waals surface area contributed by atoms with Gasteiger partial charge in [-0.25, -0.2) is 9.97 Å². The number of para-hydroxylation sites is 1. The van der Waals surface area contributed by atoms with Crippen molar-refractivity contribution >= 4 is 32.7 Å². The molecule has 0 fully saturated rings. The van der Waals surface area contributed by atoms with Gasteiger partial charge >= 0.3 is 0 Å². The molecule has 0 amide bonds. The smallest absolute Gasteiger partial charge is 0.177 e. The molecule has 2 aromatic heterocycles. The third-order valence-corrected chi connectivity index (χ3v) is 6.37. The van der Waals surface area contributed by atoms with Crippen molar-refractivity contribution in [2.75, 3.05) is 0 Å². The van der Waals surface area contributed by atoms with Crippen LogP contribution in [0.1, 0.15) is 11.4 Å². The van der Waals surface area contributed by atoms with E-state index >= 15 is 0 Å². The van der Waals surface area contributed by atoms with Crippen molar-refractivity contribution < 1.29 is 4.42 Å². The molecule has 0 spiro atoms. The van der Waals surface area contributed by atoms with E-state index in [1.54, 1.807) is 6.20 Å². The molecule has 5 heteroatoms. The molecule has 0 saturated carbocycles. The second-order valence-corrected chi connectivity index (χ2v) is 8.03. The molecule has 0 unspecified atom stereocenters. The number of benzene rings is 4. The van der Waals surface area contributed by atoms with Crippen LogP contribution in [0.4, 0.5) is 0 Å². The van der Waals surface area contributed by atoms with Gasteiger partial charge in [-0.15, -0.1) is 0 Å². The summed E-state index contributed by atoms with van der Waals surface area (Å²) in [5.41, 5.74) is 7.16. The molecular weight excluding hydrogens is 408 g/mol. The lowest BCUT2D eigenvalue weighted by Crippen LogP contribution is -1.97. The topological polar surface area (TPSA) is 86.5 Å². The predicted molar refractivity (Wildman–Crippen MR) is 126 cm³/mol. The van der Waals surface area contributed by atoms with Crippen LogP contribution in [-0.2, 0) is 0 Å². The number of nitrogens with zero attached hydrogens (tertiary/aromatic N) is 4. The maximum Gasteiger partial charge on any atom is 0.177 e. The van der Waals surface area contributed by atoms with Crippen LogP contribution in [0, 0.1) is 22.7 Å². The van der Waals surface area contributed by atoms with Gasteiger partial charge in [0.05, 0.1) is 17.5 Å². The summed E-state index contributed by atoms with van der Waals surface area (Å²) in [7, 11) is 0. The minimum Gasteiger partial charge on any atom is -0.455 e.